The van der Waals surface area contributed by atoms with Crippen LogP contribution in [0.3, 0.4) is 0 Å². The molecule has 2 aliphatic heterocycles. The summed E-state index contributed by atoms with van der Waals surface area (Å²) < 4.78 is 0. The fourth-order valence-electron chi connectivity index (χ4n) is 4.49. The van der Waals surface area contributed by atoms with Crippen LogP contribution >= 0.6 is 0 Å². The number of anilines is 4. The fraction of sp³-hybridized carbons (Fsp3) is 0.280. The molecular weight excluding hydrogens is 372 g/mol. The van der Waals surface area contributed by atoms with Crippen molar-refractivity contribution in [2.75, 3.05) is 28.2 Å². The minimum absolute atomic E-state index is 0.0473. The number of carbonyl (C=O) groups excluding carboxylic acids is 1. The maximum atomic E-state index is 13.1. The van der Waals surface area contributed by atoms with Gasteiger partial charge >= 0.3 is 0 Å². The highest BCUT2D eigenvalue weighted by Gasteiger charge is 2.31. The van der Waals surface area contributed by atoms with Crippen LogP contribution in [0.5, 0.6) is 0 Å². The molecule has 5 rings (SSSR count). The minimum atomic E-state index is -0.0473. The van der Waals surface area contributed by atoms with Crippen LogP contribution in [0.25, 0.3) is 0 Å². The van der Waals surface area contributed by atoms with Crippen molar-refractivity contribution in [3.63, 3.8) is 0 Å². The van der Waals surface area contributed by atoms with Crippen molar-refractivity contribution in [2.24, 2.45) is 0 Å². The number of pyridine rings is 1. The van der Waals surface area contributed by atoms with Crippen molar-refractivity contribution in [3.8, 4) is 0 Å². The molecule has 1 unspecified atom stereocenters. The van der Waals surface area contributed by atoms with Crippen LogP contribution in [-0.2, 0) is 6.42 Å². The summed E-state index contributed by atoms with van der Waals surface area (Å²) in [5.41, 5.74) is 5.84. The molecule has 1 N–H and O–H groups in total. The van der Waals surface area contributed by atoms with Gasteiger partial charge in [-0.25, -0.2) is 4.98 Å². The first-order valence-electron chi connectivity index (χ1n) is 10.7. The Labute approximate surface area is 177 Å². The molecular formula is C25H26N4O. The fourth-order valence-corrected chi connectivity index (χ4v) is 4.49. The van der Waals surface area contributed by atoms with E-state index < -0.39 is 0 Å². The van der Waals surface area contributed by atoms with Crippen molar-refractivity contribution >= 4 is 28.7 Å². The second kappa shape index (κ2) is 7.82. The quantitative estimate of drug-likeness (QED) is 0.671. The Morgan fingerprint density at radius 1 is 0.967 bits per heavy atom. The summed E-state index contributed by atoms with van der Waals surface area (Å²) in [7, 11) is 0. The van der Waals surface area contributed by atoms with E-state index in [0.717, 1.165) is 36.6 Å². The molecule has 0 aliphatic carbocycles. The monoisotopic (exact) mass is 398 g/mol. The zero-order valence-corrected chi connectivity index (χ0v) is 17.2. The van der Waals surface area contributed by atoms with Gasteiger partial charge in [0, 0.05) is 36.2 Å². The summed E-state index contributed by atoms with van der Waals surface area (Å²) in [6.07, 6.45) is 5.17. The lowest BCUT2D eigenvalue weighted by molar-refractivity contribution is 0.0976. The van der Waals surface area contributed by atoms with E-state index in [0.29, 0.717) is 5.69 Å². The van der Waals surface area contributed by atoms with Gasteiger partial charge in [0.25, 0.3) is 5.91 Å². The summed E-state index contributed by atoms with van der Waals surface area (Å²) in [6, 6.07) is 20.5. The molecule has 3 aromatic rings. The molecule has 1 amide bonds. The SMILES string of the molecule is CC1Cc2ccccc2N1C(=O)c1ccc(Nc2ccc(N3CCCC3)cc2)cn1. The molecule has 2 aliphatic rings. The summed E-state index contributed by atoms with van der Waals surface area (Å²) in [5, 5.41) is 3.38. The number of benzene rings is 2. The average molecular weight is 399 g/mol. The van der Waals surface area contributed by atoms with Crippen LogP contribution in [0.2, 0.25) is 0 Å². The molecule has 3 heterocycles. The number of nitrogens with zero attached hydrogens (tertiary/aromatic N) is 3. The van der Waals surface area contributed by atoms with Gasteiger partial charge in [0.05, 0.1) is 11.9 Å². The van der Waals surface area contributed by atoms with Crippen molar-refractivity contribution in [1.29, 1.82) is 0 Å². The maximum Gasteiger partial charge on any atom is 0.277 e. The van der Waals surface area contributed by atoms with Crippen molar-refractivity contribution in [2.45, 2.75) is 32.2 Å². The van der Waals surface area contributed by atoms with E-state index in [1.165, 1.54) is 24.1 Å². The first-order valence-corrected chi connectivity index (χ1v) is 10.7. The van der Waals surface area contributed by atoms with Gasteiger partial charge in [-0.2, -0.15) is 0 Å². The second-order valence-electron chi connectivity index (χ2n) is 8.16. The molecule has 30 heavy (non-hydrogen) atoms. The van der Waals surface area contributed by atoms with E-state index in [-0.39, 0.29) is 11.9 Å². The lowest BCUT2D eigenvalue weighted by Crippen LogP contribution is -2.36. The highest BCUT2D eigenvalue weighted by molar-refractivity contribution is 6.06. The normalized spacial score (nSPS) is 17.8. The van der Waals surface area contributed by atoms with Crippen LogP contribution in [0, 0.1) is 0 Å². The molecule has 5 nitrogen and oxygen atoms in total. The number of aromatic nitrogens is 1. The van der Waals surface area contributed by atoms with Gasteiger partial charge < -0.3 is 15.1 Å². The Kier molecular flexibility index (Phi) is 4.87. The van der Waals surface area contributed by atoms with Crippen LogP contribution in [0.4, 0.5) is 22.7 Å². The summed E-state index contributed by atoms with van der Waals surface area (Å²) in [6.45, 7) is 4.37. The second-order valence-corrected chi connectivity index (χ2v) is 8.16. The Balaban J connectivity index is 1.28. The summed E-state index contributed by atoms with van der Waals surface area (Å²) >= 11 is 0. The van der Waals surface area contributed by atoms with Crippen LogP contribution in [0.15, 0.2) is 66.9 Å². The topological polar surface area (TPSA) is 48.5 Å². The highest BCUT2D eigenvalue weighted by Crippen LogP contribution is 2.33. The number of para-hydroxylation sites is 1. The predicted molar refractivity (Wildman–Crippen MR) is 122 cm³/mol. The average Bonchev–Trinajstić information content (AvgIpc) is 3.42. The number of fused-ring (bicyclic) bond motifs is 1. The first kappa shape index (κ1) is 18.7. The van der Waals surface area contributed by atoms with Crippen LogP contribution in [0.1, 0.15) is 35.8 Å². The van der Waals surface area contributed by atoms with E-state index >= 15 is 0 Å². The van der Waals surface area contributed by atoms with E-state index in [1.54, 1.807) is 12.3 Å². The van der Waals surface area contributed by atoms with Gasteiger partial charge in [0.1, 0.15) is 5.69 Å². The lowest BCUT2D eigenvalue weighted by atomic mass is 10.1. The van der Waals surface area contributed by atoms with E-state index in [4.69, 9.17) is 0 Å². The zero-order chi connectivity index (χ0) is 20.5. The van der Waals surface area contributed by atoms with Gasteiger partial charge in [0.15, 0.2) is 0 Å². The number of nitrogens with one attached hydrogen (secondary N) is 1. The number of amides is 1. The standard InChI is InChI=1S/C25H26N4O/c1-18-16-19-6-2-3-7-24(19)29(18)25(30)23-13-10-21(17-26-23)27-20-8-11-22(12-9-20)28-14-4-5-15-28/h2-3,6-13,17-18,27H,4-5,14-16H2,1H3. The molecule has 152 valence electrons. The molecule has 0 bridgehead atoms. The van der Waals surface area contributed by atoms with E-state index in [9.17, 15) is 4.79 Å². The molecule has 1 fully saturated rings. The summed E-state index contributed by atoms with van der Waals surface area (Å²) in [5.74, 6) is -0.0473. The van der Waals surface area contributed by atoms with Crippen LogP contribution < -0.4 is 15.1 Å². The number of rotatable bonds is 4. The number of carbonyl (C=O) groups is 1. The van der Waals surface area contributed by atoms with Gasteiger partial charge in [-0.3, -0.25) is 4.79 Å². The minimum Gasteiger partial charge on any atom is -0.372 e. The van der Waals surface area contributed by atoms with Crippen molar-refractivity contribution in [1.82, 2.24) is 4.98 Å². The van der Waals surface area contributed by atoms with Crippen LogP contribution in [-0.4, -0.2) is 30.0 Å². The number of hydrogen-bond donors (Lipinski definition) is 1. The summed E-state index contributed by atoms with van der Waals surface area (Å²) in [4.78, 5) is 21.8. The molecule has 0 radical (unpaired) electrons. The van der Waals surface area contributed by atoms with E-state index in [2.05, 4.69) is 52.5 Å². The third-order valence-corrected chi connectivity index (χ3v) is 6.04. The Morgan fingerprint density at radius 2 is 1.70 bits per heavy atom. The Morgan fingerprint density at radius 3 is 2.43 bits per heavy atom. The van der Waals surface area contributed by atoms with Crippen molar-refractivity contribution in [3.05, 3.63) is 78.1 Å². The van der Waals surface area contributed by atoms with Gasteiger partial charge in [0.2, 0.25) is 0 Å². The first-order chi connectivity index (χ1) is 14.7. The molecule has 1 saturated heterocycles. The largest absolute Gasteiger partial charge is 0.372 e. The van der Waals surface area contributed by atoms with Crippen molar-refractivity contribution < 1.29 is 4.79 Å². The highest BCUT2D eigenvalue weighted by atomic mass is 16.2. The third-order valence-electron chi connectivity index (χ3n) is 6.04. The molecule has 0 saturated carbocycles. The smallest absolute Gasteiger partial charge is 0.277 e. The van der Waals surface area contributed by atoms with E-state index in [1.807, 2.05) is 29.2 Å². The Hall–Kier alpha value is -3.34. The number of hydrogen-bond acceptors (Lipinski definition) is 4. The molecule has 1 aromatic heterocycles. The maximum absolute atomic E-state index is 13.1. The van der Waals surface area contributed by atoms with Gasteiger partial charge in [-0.05, 0) is 74.2 Å². The molecule has 5 heteroatoms. The molecule has 2 aromatic carbocycles. The molecule has 1 atom stereocenters. The van der Waals surface area contributed by atoms with Gasteiger partial charge in [-0.15, -0.1) is 0 Å². The predicted octanol–water partition coefficient (Wildman–Crippen LogP) is 5.02. The Bertz CT molecular complexity index is 1040. The van der Waals surface area contributed by atoms with Gasteiger partial charge in [-0.1, -0.05) is 18.2 Å². The molecule has 0 spiro atoms. The lowest BCUT2D eigenvalue weighted by Gasteiger charge is -2.22. The third kappa shape index (κ3) is 3.52. The zero-order valence-electron chi connectivity index (χ0n) is 17.2.